The molecule has 0 aromatic heterocycles. The summed E-state index contributed by atoms with van der Waals surface area (Å²) in [6.07, 6.45) is 4.82. The van der Waals surface area contributed by atoms with Crippen molar-refractivity contribution in [2.75, 3.05) is 39.3 Å². The van der Waals surface area contributed by atoms with E-state index in [1.807, 2.05) is 58.0 Å². The van der Waals surface area contributed by atoms with Crippen LogP contribution in [0.5, 0.6) is 0 Å². The van der Waals surface area contributed by atoms with Gasteiger partial charge in [0.25, 0.3) is 5.69 Å². The van der Waals surface area contributed by atoms with E-state index in [-0.39, 0.29) is 11.7 Å². The molecular formula is C36H47N5O6. The number of hydrogen-bond donors (Lipinski definition) is 0. The van der Waals surface area contributed by atoms with E-state index >= 15 is 0 Å². The number of carbonyl (C=O) groups excluding carboxylic acids is 3. The van der Waals surface area contributed by atoms with Crippen molar-refractivity contribution in [2.45, 2.75) is 77.2 Å². The lowest BCUT2D eigenvalue weighted by Gasteiger charge is -2.42. The first kappa shape index (κ1) is 35.5. The van der Waals surface area contributed by atoms with Crippen LogP contribution in [-0.2, 0) is 24.5 Å². The molecule has 2 aliphatic heterocycles. The van der Waals surface area contributed by atoms with Gasteiger partial charge in [0.1, 0.15) is 0 Å². The Balaban J connectivity index is 1.57. The Morgan fingerprint density at radius 2 is 1.70 bits per heavy atom. The summed E-state index contributed by atoms with van der Waals surface area (Å²) in [4.78, 5) is 60.1. The number of esters is 1. The number of piperidine rings is 1. The topological polar surface area (TPSA) is 126 Å². The van der Waals surface area contributed by atoms with Gasteiger partial charge in [0.05, 0.1) is 40.3 Å². The lowest BCUT2D eigenvalue weighted by molar-refractivity contribution is -0.384. The van der Waals surface area contributed by atoms with Crippen LogP contribution in [0.4, 0.5) is 5.69 Å². The van der Waals surface area contributed by atoms with Gasteiger partial charge < -0.3 is 19.4 Å². The predicted molar refractivity (Wildman–Crippen MR) is 181 cm³/mol. The van der Waals surface area contributed by atoms with E-state index in [2.05, 4.69) is 4.90 Å². The first-order valence-electron chi connectivity index (χ1n) is 16.7. The Hall–Kier alpha value is -4.38. The number of allylic oxidation sites excluding steroid dienone is 1. The molecule has 1 fully saturated rings. The first-order chi connectivity index (χ1) is 22.8. The van der Waals surface area contributed by atoms with Crippen molar-refractivity contribution in [1.82, 2.24) is 14.7 Å². The molecule has 0 aliphatic carbocycles. The number of non-ortho nitro benzene ring substituents is 1. The van der Waals surface area contributed by atoms with E-state index in [0.29, 0.717) is 51.8 Å². The molecule has 0 saturated carbocycles. The van der Waals surface area contributed by atoms with Gasteiger partial charge >= 0.3 is 5.97 Å². The maximum Gasteiger partial charge on any atom is 0.316 e. The fourth-order valence-electron chi connectivity index (χ4n) is 7.06. The Morgan fingerprint density at radius 1 is 1.02 bits per heavy atom. The highest BCUT2D eigenvalue weighted by Crippen LogP contribution is 2.41. The van der Waals surface area contributed by atoms with Gasteiger partial charge in [0, 0.05) is 30.9 Å². The zero-order valence-electron chi connectivity index (χ0n) is 28.0. The second kappa shape index (κ2) is 16.4. The van der Waals surface area contributed by atoms with Crippen LogP contribution >= 0.6 is 0 Å². The lowest BCUT2D eigenvalue weighted by Crippen LogP contribution is -2.49. The lowest BCUT2D eigenvalue weighted by atomic mass is 9.72. The molecule has 2 atom stereocenters. The van der Waals surface area contributed by atoms with Gasteiger partial charge in [-0.25, -0.2) is 0 Å². The van der Waals surface area contributed by atoms with Gasteiger partial charge in [0.15, 0.2) is 0 Å². The van der Waals surface area contributed by atoms with Gasteiger partial charge in [-0.1, -0.05) is 56.3 Å². The molecule has 11 nitrogen and oxygen atoms in total. The van der Waals surface area contributed by atoms with E-state index in [1.54, 1.807) is 21.9 Å². The smallest absolute Gasteiger partial charge is 0.316 e. The zero-order chi connectivity index (χ0) is 34.0. The largest absolute Gasteiger partial charge is 0.465 e. The van der Waals surface area contributed by atoms with Crippen molar-refractivity contribution >= 4 is 30.2 Å². The third-order valence-corrected chi connectivity index (χ3v) is 9.56. The number of likely N-dealkylation sites (N-methyl/N-ethyl adjacent to an activating group) is 1. The van der Waals surface area contributed by atoms with E-state index < -0.39 is 22.3 Å². The van der Waals surface area contributed by atoms with Crippen molar-refractivity contribution in [3.63, 3.8) is 0 Å². The summed E-state index contributed by atoms with van der Waals surface area (Å²) in [6.45, 7) is 11.1. The Bertz CT molecular complexity index is 1450. The molecule has 0 N–H and O–H groups in total. The molecule has 47 heavy (non-hydrogen) atoms. The number of nitrogens with zero attached hydrogens (tertiary/aromatic N) is 5. The predicted octanol–water partition coefficient (Wildman–Crippen LogP) is 5.46. The number of ether oxygens (including phenoxy) is 1. The van der Waals surface area contributed by atoms with Crippen LogP contribution in [0, 0.1) is 10.1 Å². The third kappa shape index (κ3) is 7.62. The summed E-state index contributed by atoms with van der Waals surface area (Å²) in [7, 11) is 0. The minimum absolute atomic E-state index is 0.0255. The standard InChI is InChI=1S/C36H47N5O6/c1-5-30-33(39(7-3)25-42)32(27-15-17-29(18-16-27)41(45)46)34(31(6-2)37-30)40(26-43)22-12-21-38-23-19-36(20-24-38,35(44)47-8-4)28-13-10-9-11-14-28/h9-11,13-18,25-26,32-33H,5-8,12,19-24H2,1-4H3. The zero-order valence-corrected chi connectivity index (χ0v) is 28.0. The van der Waals surface area contributed by atoms with Crippen LogP contribution in [0.2, 0.25) is 0 Å². The van der Waals surface area contributed by atoms with E-state index in [9.17, 15) is 24.5 Å². The normalized spacial score (nSPS) is 19.4. The van der Waals surface area contributed by atoms with Crippen LogP contribution in [0.1, 0.15) is 76.8 Å². The molecule has 1 saturated heterocycles. The van der Waals surface area contributed by atoms with Crippen molar-refractivity contribution < 1.29 is 24.0 Å². The highest BCUT2D eigenvalue weighted by atomic mass is 16.6. The summed E-state index contributed by atoms with van der Waals surface area (Å²) in [5, 5.41) is 11.4. The van der Waals surface area contributed by atoms with Crippen LogP contribution in [-0.4, -0.2) is 89.5 Å². The number of amides is 2. The van der Waals surface area contributed by atoms with E-state index in [0.717, 1.165) is 60.7 Å². The van der Waals surface area contributed by atoms with Crippen molar-refractivity contribution in [3.05, 3.63) is 87.2 Å². The van der Waals surface area contributed by atoms with E-state index in [4.69, 9.17) is 9.73 Å². The van der Waals surface area contributed by atoms with E-state index in [1.165, 1.54) is 12.1 Å². The van der Waals surface area contributed by atoms with Crippen LogP contribution < -0.4 is 0 Å². The molecule has 0 spiro atoms. The molecular weight excluding hydrogens is 598 g/mol. The van der Waals surface area contributed by atoms with Gasteiger partial charge in [-0.2, -0.15) is 0 Å². The summed E-state index contributed by atoms with van der Waals surface area (Å²) in [5.41, 5.74) is 3.40. The summed E-state index contributed by atoms with van der Waals surface area (Å²) < 4.78 is 5.53. The van der Waals surface area contributed by atoms with Gasteiger partial charge in [-0.3, -0.25) is 29.5 Å². The number of benzene rings is 2. The maximum atomic E-state index is 13.2. The Morgan fingerprint density at radius 3 is 2.23 bits per heavy atom. The first-order valence-corrected chi connectivity index (χ1v) is 16.7. The third-order valence-electron chi connectivity index (χ3n) is 9.56. The number of nitro benzene ring substituents is 1. The minimum Gasteiger partial charge on any atom is -0.465 e. The van der Waals surface area contributed by atoms with Gasteiger partial charge in [-0.05, 0) is 76.7 Å². The average molecular weight is 646 g/mol. The maximum absolute atomic E-state index is 13.2. The summed E-state index contributed by atoms with van der Waals surface area (Å²) >= 11 is 0. The van der Waals surface area contributed by atoms with Gasteiger partial charge in [0.2, 0.25) is 12.8 Å². The monoisotopic (exact) mass is 645 g/mol. The average Bonchev–Trinajstić information content (AvgIpc) is 3.11. The molecule has 0 radical (unpaired) electrons. The Kier molecular flexibility index (Phi) is 12.4. The Labute approximate surface area is 277 Å². The quantitative estimate of drug-likeness (QED) is 0.103. The molecule has 4 rings (SSSR count). The highest BCUT2D eigenvalue weighted by Gasteiger charge is 2.44. The summed E-state index contributed by atoms with van der Waals surface area (Å²) in [6, 6.07) is 15.8. The number of aliphatic imine (C=N–C) groups is 1. The molecule has 11 heteroatoms. The molecule has 2 aliphatic rings. The molecule has 2 amide bonds. The highest BCUT2D eigenvalue weighted by molar-refractivity contribution is 5.94. The molecule has 2 unspecified atom stereocenters. The van der Waals surface area contributed by atoms with Crippen LogP contribution in [0.25, 0.3) is 0 Å². The van der Waals surface area contributed by atoms with Crippen LogP contribution in [0.15, 0.2) is 71.0 Å². The minimum atomic E-state index is -0.669. The SMILES string of the molecule is CCOC(=O)C1(c2ccccc2)CCN(CCCN(C=O)C2=C(CC)N=C(CC)C(N(C=O)CC)C2c2ccc([N+](=O)[O-])cc2)CC1. The number of nitro groups is 1. The van der Waals surface area contributed by atoms with Crippen molar-refractivity contribution in [3.8, 4) is 0 Å². The fourth-order valence-corrected chi connectivity index (χ4v) is 7.06. The number of likely N-dealkylation sites (tertiary alicyclic amines) is 1. The number of carbonyl (C=O) groups is 3. The second-order valence-electron chi connectivity index (χ2n) is 12.0. The summed E-state index contributed by atoms with van der Waals surface area (Å²) in [5.74, 6) is -0.607. The fraction of sp³-hybridized carbons (Fsp3) is 0.500. The molecule has 0 bridgehead atoms. The van der Waals surface area contributed by atoms with Gasteiger partial charge in [-0.15, -0.1) is 0 Å². The molecule has 2 aromatic rings. The van der Waals surface area contributed by atoms with Crippen LogP contribution in [0.3, 0.4) is 0 Å². The molecule has 2 aromatic carbocycles. The van der Waals surface area contributed by atoms with Crippen molar-refractivity contribution in [1.29, 1.82) is 0 Å². The number of hydrogen-bond acceptors (Lipinski definition) is 8. The molecule has 2 heterocycles. The molecule has 252 valence electrons. The number of rotatable bonds is 16. The van der Waals surface area contributed by atoms with Crippen molar-refractivity contribution in [2.24, 2.45) is 4.99 Å². The second-order valence-corrected chi connectivity index (χ2v) is 12.0.